The van der Waals surface area contributed by atoms with Crippen LogP contribution in [-0.4, -0.2) is 40.9 Å². The average molecular weight is 357 g/mol. The van der Waals surface area contributed by atoms with Crippen molar-refractivity contribution in [3.8, 4) is 0 Å². The summed E-state index contributed by atoms with van der Waals surface area (Å²) < 4.78 is 41.8. The van der Waals surface area contributed by atoms with Crippen LogP contribution >= 0.6 is 0 Å². The summed E-state index contributed by atoms with van der Waals surface area (Å²) in [6.07, 6.45) is -4.41. The molecule has 0 saturated carbocycles. The summed E-state index contributed by atoms with van der Waals surface area (Å²) in [4.78, 5) is 28.8. The highest BCUT2D eigenvalue weighted by Gasteiger charge is 2.27. The van der Waals surface area contributed by atoms with E-state index < -0.39 is 24.7 Å². The summed E-state index contributed by atoms with van der Waals surface area (Å²) in [6.45, 7) is 1.20. The highest BCUT2D eigenvalue weighted by molar-refractivity contribution is 5.79. The van der Waals surface area contributed by atoms with Crippen LogP contribution in [0.4, 0.5) is 13.2 Å². The van der Waals surface area contributed by atoms with Gasteiger partial charge in [-0.25, -0.2) is 4.98 Å². The van der Waals surface area contributed by atoms with Gasteiger partial charge in [-0.2, -0.15) is 13.2 Å². The minimum atomic E-state index is -4.41. The van der Waals surface area contributed by atoms with Crippen LogP contribution in [0.3, 0.4) is 0 Å². The normalized spacial score (nSPS) is 13.0. The predicted octanol–water partition coefficient (Wildman–Crippen LogP) is 1.79. The zero-order chi connectivity index (χ0) is 18.6. The Morgan fingerprint density at radius 3 is 2.72 bits per heavy atom. The van der Waals surface area contributed by atoms with Gasteiger partial charge in [0.25, 0.3) is 5.56 Å². The van der Waals surface area contributed by atoms with Crippen molar-refractivity contribution in [2.24, 2.45) is 0 Å². The molecule has 136 valence electrons. The number of fused-ring (bicyclic) bond motifs is 1. The lowest BCUT2D eigenvalue weighted by Crippen LogP contribution is -2.40. The average Bonchev–Trinajstić information content (AvgIpc) is 2.50. The maximum absolute atomic E-state index is 12.4. The number of nitrogens with zero attached hydrogens (tertiary/aromatic N) is 2. The summed E-state index contributed by atoms with van der Waals surface area (Å²) in [7, 11) is 0. The third kappa shape index (κ3) is 5.28. The SMILES string of the molecule is Cc1nc2ccccc2c(=O)n1CC(=O)NC(C)COCC(F)(F)F. The number of hydrogen-bond donors (Lipinski definition) is 1. The standard InChI is InChI=1S/C16H18F3N3O3/c1-10(8-25-9-16(17,18)19)20-14(23)7-22-11(2)21-13-6-4-3-5-12(13)15(22)24/h3-6,10H,7-9H2,1-2H3,(H,20,23). The highest BCUT2D eigenvalue weighted by atomic mass is 19.4. The first-order valence-corrected chi connectivity index (χ1v) is 7.57. The van der Waals surface area contributed by atoms with Crippen molar-refractivity contribution in [1.82, 2.24) is 14.9 Å². The van der Waals surface area contributed by atoms with Crippen LogP contribution < -0.4 is 10.9 Å². The molecule has 1 N–H and O–H groups in total. The molecule has 0 aliphatic rings. The lowest BCUT2D eigenvalue weighted by atomic mass is 10.2. The molecule has 0 aliphatic carbocycles. The van der Waals surface area contributed by atoms with Crippen LogP contribution in [-0.2, 0) is 16.1 Å². The van der Waals surface area contributed by atoms with Crippen LogP contribution in [0.2, 0.25) is 0 Å². The number of hydrogen-bond acceptors (Lipinski definition) is 4. The summed E-state index contributed by atoms with van der Waals surface area (Å²) in [5.41, 5.74) is 0.190. The van der Waals surface area contributed by atoms with E-state index in [-0.39, 0.29) is 18.7 Å². The van der Waals surface area contributed by atoms with Crippen molar-refractivity contribution in [3.05, 3.63) is 40.4 Å². The van der Waals surface area contributed by atoms with Crippen LogP contribution in [0.5, 0.6) is 0 Å². The molecule has 2 aromatic rings. The van der Waals surface area contributed by atoms with Gasteiger partial charge in [0.1, 0.15) is 19.0 Å². The van der Waals surface area contributed by atoms with E-state index in [1.807, 2.05) is 0 Å². The molecule has 6 nitrogen and oxygen atoms in total. The van der Waals surface area contributed by atoms with Gasteiger partial charge in [-0.1, -0.05) is 12.1 Å². The summed E-state index contributed by atoms with van der Waals surface area (Å²) in [6, 6.07) is 6.15. The van der Waals surface area contributed by atoms with Crippen LogP contribution in [0.15, 0.2) is 29.1 Å². The first kappa shape index (κ1) is 18.9. The number of rotatable bonds is 6. The van der Waals surface area contributed by atoms with Crippen molar-refractivity contribution < 1.29 is 22.7 Å². The summed E-state index contributed by atoms with van der Waals surface area (Å²) in [5.74, 6) is -0.134. The number of benzene rings is 1. The fourth-order valence-corrected chi connectivity index (χ4v) is 2.32. The molecular weight excluding hydrogens is 339 g/mol. The third-order valence-corrected chi connectivity index (χ3v) is 3.40. The number of carbonyl (C=O) groups excluding carboxylic acids is 1. The Kier molecular flexibility index (Phi) is 5.78. The number of ether oxygens (including phenoxy) is 1. The topological polar surface area (TPSA) is 73.2 Å². The van der Waals surface area contributed by atoms with Crippen molar-refractivity contribution in [3.63, 3.8) is 0 Å². The molecule has 9 heteroatoms. The first-order valence-electron chi connectivity index (χ1n) is 7.57. The van der Waals surface area contributed by atoms with E-state index in [2.05, 4.69) is 15.0 Å². The molecule has 1 aromatic carbocycles. The lowest BCUT2D eigenvalue weighted by molar-refractivity contribution is -0.175. The molecular formula is C16H18F3N3O3. The second-order valence-electron chi connectivity index (χ2n) is 5.67. The molecule has 1 unspecified atom stereocenters. The molecule has 2 rings (SSSR count). The predicted molar refractivity (Wildman–Crippen MR) is 85.2 cm³/mol. The summed E-state index contributed by atoms with van der Waals surface area (Å²) in [5, 5.41) is 2.89. The Bertz CT molecular complexity index is 818. The molecule has 0 radical (unpaired) electrons. The molecule has 0 bridgehead atoms. The maximum Gasteiger partial charge on any atom is 0.411 e. The van der Waals surface area contributed by atoms with Gasteiger partial charge in [0.15, 0.2) is 0 Å². The smallest absolute Gasteiger partial charge is 0.370 e. The van der Waals surface area contributed by atoms with E-state index in [1.54, 1.807) is 31.2 Å². The minimum Gasteiger partial charge on any atom is -0.370 e. The second-order valence-corrected chi connectivity index (χ2v) is 5.67. The molecule has 1 atom stereocenters. The number of amides is 1. The van der Waals surface area contributed by atoms with E-state index >= 15 is 0 Å². The van der Waals surface area contributed by atoms with Crippen molar-refractivity contribution >= 4 is 16.8 Å². The van der Waals surface area contributed by atoms with Gasteiger partial charge in [-0.15, -0.1) is 0 Å². The molecule has 0 spiro atoms. The van der Waals surface area contributed by atoms with Gasteiger partial charge >= 0.3 is 6.18 Å². The minimum absolute atomic E-state index is 0.272. The Labute approximate surface area is 141 Å². The van der Waals surface area contributed by atoms with Gasteiger partial charge < -0.3 is 10.1 Å². The van der Waals surface area contributed by atoms with Gasteiger partial charge in [0.05, 0.1) is 17.5 Å². The molecule has 0 saturated heterocycles. The van der Waals surface area contributed by atoms with Crippen molar-refractivity contribution in [2.75, 3.05) is 13.2 Å². The number of para-hydroxylation sites is 1. The fourth-order valence-electron chi connectivity index (χ4n) is 2.32. The number of halogens is 3. The Morgan fingerprint density at radius 1 is 1.36 bits per heavy atom. The Morgan fingerprint density at radius 2 is 2.04 bits per heavy atom. The van der Waals surface area contributed by atoms with E-state index in [4.69, 9.17) is 0 Å². The number of nitrogens with one attached hydrogen (secondary N) is 1. The molecule has 25 heavy (non-hydrogen) atoms. The van der Waals surface area contributed by atoms with E-state index in [0.717, 1.165) is 0 Å². The Hall–Kier alpha value is -2.42. The number of aromatic nitrogens is 2. The van der Waals surface area contributed by atoms with Crippen molar-refractivity contribution in [2.45, 2.75) is 32.6 Å². The lowest BCUT2D eigenvalue weighted by Gasteiger charge is -2.16. The van der Waals surface area contributed by atoms with Crippen molar-refractivity contribution in [1.29, 1.82) is 0 Å². The first-order chi connectivity index (χ1) is 11.7. The van der Waals surface area contributed by atoms with Crippen LogP contribution in [0.1, 0.15) is 12.7 Å². The second kappa shape index (κ2) is 7.64. The largest absolute Gasteiger partial charge is 0.411 e. The van der Waals surface area contributed by atoms with Gasteiger partial charge in [-0.3, -0.25) is 14.2 Å². The van der Waals surface area contributed by atoms with E-state index in [1.165, 1.54) is 11.5 Å². The number of aryl methyl sites for hydroxylation is 1. The fraction of sp³-hybridized carbons (Fsp3) is 0.438. The summed E-state index contributed by atoms with van der Waals surface area (Å²) >= 11 is 0. The zero-order valence-corrected chi connectivity index (χ0v) is 13.8. The number of carbonyl (C=O) groups is 1. The molecule has 0 aliphatic heterocycles. The third-order valence-electron chi connectivity index (χ3n) is 3.40. The molecule has 1 aromatic heterocycles. The van der Waals surface area contributed by atoms with Crippen LogP contribution in [0, 0.1) is 6.92 Å². The monoisotopic (exact) mass is 357 g/mol. The molecule has 0 fully saturated rings. The molecule has 1 heterocycles. The van der Waals surface area contributed by atoms with E-state index in [0.29, 0.717) is 16.7 Å². The quantitative estimate of drug-likeness (QED) is 0.856. The molecule has 1 amide bonds. The number of alkyl halides is 3. The van der Waals surface area contributed by atoms with E-state index in [9.17, 15) is 22.8 Å². The Balaban J connectivity index is 2.01. The van der Waals surface area contributed by atoms with Gasteiger partial charge in [-0.05, 0) is 26.0 Å². The van der Waals surface area contributed by atoms with Gasteiger partial charge in [0, 0.05) is 6.04 Å². The van der Waals surface area contributed by atoms with Gasteiger partial charge in [0.2, 0.25) is 5.91 Å². The highest BCUT2D eigenvalue weighted by Crippen LogP contribution is 2.14. The maximum atomic E-state index is 12.4. The zero-order valence-electron chi connectivity index (χ0n) is 13.8. The van der Waals surface area contributed by atoms with Crippen LogP contribution in [0.25, 0.3) is 10.9 Å².